The summed E-state index contributed by atoms with van der Waals surface area (Å²) in [5, 5.41) is 0. The van der Waals surface area contributed by atoms with E-state index in [2.05, 4.69) is 0 Å². The van der Waals surface area contributed by atoms with Crippen molar-refractivity contribution < 1.29 is 17.6 Å². The van der Waals surface area contributed by atoms with Crippen molar-refractivity contribution in [3.05, 3.63) is 29.6 Å². The fourth-order valence-corrected chi connectivity index (χ4v) is 1.32. The molecule has 0 radical (unpaired) electrons. The second-order valence-corrected chi connectivity index (χ2v) is 3.26. The Hall–Kier alpha value is -0.710. The molecule has 0 aliphatic heterocycles. The molecule has 1 rings (SSSR count). The minimum Gasteiger partial charge on any atom is -0.207 e. The maximum Gasteiger partial charge on any atom is 0.416 e. The zero-order chi connectivity index (χ0) is 10.1. The second-order valence-electron chi connectivity index (χ2n) is 2.38. The number of rotatable bonds is 1. The van der Waals surface area contributed by atoms with Crippen LogP contribution in [0.4, 0.5) is 17.6 Å². The monoisotopic (exact) mass is 210 g/mol. The predicted molar refractivity (Wildman–Crippen MR) is 43.2 cm³/mol. The molecular formula is C8H6F4S. The number of hydrogen-bond acceptors (Lipinski definition) is 1. The van der Waals surface area contributed by atoms with E-state index in [9.17, 15) is 17.6 Å². The van der Waals surface area contributed by atoms with Gasteiger partial charge in [0.05, 0.1) is 5.56 Å². The summed E-state index contributed by atoms with van der Waals surface area (Å²) in [7, 11) is 0. The Labute approximate surface area is 76.9 Å². The first-order valence-corrected chi connectivity index (χ1v) is 4.58. The highest BCUT2D eigenvalue weighted by Crippen LogP contribution is 2.32. The lowest BCUT2D eigenvalue weighted by Gasteiger charge is -2.07. The maximum atomic E-state index is 12.6. The summed E-state index contributed by atoms with van der Waals surface area (Å²) in [5.74, 6) is -0.862. The van der Waals surface area contributed by atoms with Crippen LogP contribution in [0.2, 0.25) is 0 Å². The Morgan fingerprint density at radius 3 is 2.23 bits per heavy atom. The van der Waals surface area contributed by atoms with Gasteiger partial charge in [-0.25, -0.2) is 4.39 Å². The lowest BCUT2D eigenvalue weighted by atomic mass is 10.2. The topological polar surface area (TPSA) is 0 Å². The van der Waals surface area contributed by atoms with Gasteiger partial charge >= 0.3 is 6.18 Å². The number of alkyl halides is 3. The molecule has 0 N–H and O–H groups in total. The van der Waals surface area contributed by atoms with Crippen molar-refractivity contribution in [3.63, 3.8) is 0 Å². The Kier molecular flexibility index (Phi) is 2.85. The van der Waals surface area contributed by atoms with Gasteiger partial charge in [0.15, 0.2) is 0 Å². The Bertz CT molecular complexity index is 306. The van der Waals surface area contributed by atoms with E-state index in [1.54, 1.807) is 6.26 Å². The van der Waals surface area contributed by atoms with Gasteiger partial charge in [-0.15, -0.1) is 11.8 Å². The van der Waals surface area contributed by atoms with E-state index in [4.69, 9.17) is 0 Å². The number of halogens is 4. The third-order valence-corrected chi connectivity index (χ3v) is 2.14. The van der Waals surface area contributed by atoms with Crippen molar-refractivity contribution >= 4 is 11.8 Å². The standard InChI is InChI=1S/C8H6F4S/c1-13-7-3-5(8(10,11)12)2-6(9)4-7/h2-4H,1H3. The van der Waals surface area contributed by atoms with Gasteiger partial charge in [0, 0.05) is 4.90 Å². The molecule has 1 aromatic carbocycles. The van der Waals surface area contributed by atoms with Crippen molar-refractivity contribution in [2.75, 3.05) is 6.26 Å². The van der Waals surface area contributed by atoms with Crippen molar-refractivity contribution in [1.82, 2.24) is 0 Å². The molecule has 0 fully saturated rings. The van der Waals surface area contributed by atoms with Gasteiger partial charge in [-0.05, 0) is 24.5 Å². The van der Waals surface area contributed by atoms with E-state index in [0.717, 1.165) is 23.9 Å². The zero-order valence-corrected chi connectivity index (χ0v) is 7.47. The molecule has 0 amide bonds. The Morgan fingerprint density at radius 1 is 1.15 bits per heavy atom. The summed E-state index contributed by atoms with van der Waals surface area (Å²) in [4.78, 5) is 0.271. The van der Waals surface area contributed by atoms with Crippen LogP contribution >= 0.6 is 11.8 Å². The molecule has 0 atom stereocenters. The first-order valence-electron chi connectivity index (χ1n) is 3.35. The van der Waals surface area contributed by atoms with Gasteiger partial charge in [-0.3, -0.25) is 0 Å². The van der Waals surface area contributed by atoms with Crippen LogP contribution in [0.3, 0.4) is 0 Å². The van der Waals surface area contributed by atoms with Gasteiger partial charge in [-0.2, -0.15) is 13.2 Å². The molecule has 0 bridgehead atoms. The van der Waals surface area contributed by atoms with Crippen LogP contribution < -0.4 is 0 Å². The summed E-state index contributed by atoms with van der Waals surface area (Å²) < 4.78 is 49.0. The maximum absolute atomic E-state index is 12.6. The van der Waals surface area contributed by atoms with E-state index >= 15 is 0 Å². The van der Waals surface area contributed by atoms with Crippen molar-refractivity contribution in [3.8, 4) is 0 Å². The lowest BCUT2D eigenvalue weighted by molar-refractivity contribution is -0.137. The van der Waals surface area contributed by atoms with Crippen LogP contribution in [-0.2, 0) is 6.18 Å². The smallest absolute Gasteiger partial charge is 0.207 e. The minimum absolute atomic E-state index is 0.271. The van der Waals surface area contributed by atoms with Crippen LogP contribution in [0.1, 0.15) is 5.56 Å². The molecule has 5 heteroatoms. The molecule has 0 saturated heterocycles. The summed E-state index contributed by atoms with van der Waals surface area (Å²) >= 11 is 1.07. The first kappa shape index (κ1) is 10.4. The predicted octanol–water partition coefficient (Wildman–Crippen LogP) is 3.57. The first-order chi connectivity index (χ1) is 5.93. The largest absolute Gasteiger partial charge is 0.416 e. The molecule has 0 heterocycles. The van der Waals surface area contributed by atoms with Crippen LogP contribution in [-0.4, -0.2) is 6.26 Å². The average molecular weight is 210 g/mol. The summed E-state index contributed by atoms with van der Waals surface area (Å²) in [6, 6.07) is 2.48. The lowest BCUT2D eigenvalue weighted by Crippen LogP contribution is -2.05. The normalized spacial score (nSPS) is 11.8. The quantitative estimate of drug-likeness (QED) is 0.504. The second kappa shape index (κ2) is 3.57. The molecule has 0 aliphatic rings. The highest BCUT2D eigenvalue weighted by Gasteiger charge is 2.31. The zero-order valence-electron chi connectivity index (χ0n) is 6.65. The average Bonchev–Trinajstić information content (AvgIpc) is 2.01. The molecule has 0 unspecified atom stereocenters. The van der Waals surface area contributed by atoms with E-state index in [0.29, 0.717) is 6.07 Å². The molecule has 72 valence electrons. The van der Waals surface area contributed by atoms with Crippen molar-refractivity contribution in [2.45, 2.75) is 11.1 Å². The molecule has 0 nitrogen and oxygen atoms in total. The summed E-state index contributed by atoms with van der Waals surface area (Å²) in [6.07, 6.45) is -2.89. The molecule has 13 heavy (non-hydrogen) atoms. The van der Waals surface area contributed by atoms with E-state index < -0.39 is 17.6 Å². The molecule has 0 saturated carbocycles. The third-order valence-electron chi connectivity index (χ3n) is 1.43. The number of thioether (sulfide) groups is 1. The van der Waals surface area contributed by atoms with E-state index in [1.807, 2.05) is 0 Å². The van der Waals surface area contributed by atoms with Crippen LogP contribution in [0.5, 0.6) is 0 Å². The molecular weight excluding hydrogens is 204 g/mol. The van der Waals surface area contributed by atoms with E-state index in [1.165, 1.54) is 0 Å². The fourth-order valence-electron chi connectivity index (χ4n) is 0.844. The van der Waals surface area contributed by atoms with E-state index in [-0.39, 0.29) is 4.90 Å². The molecule has 1 aromatic rings. The Morgan fingerprint density at radius 2 is 1.77 bits per heavy atom. The molecule has 0 aliphatic carbocycles. The van der Waals surface area contributed by atoms with Gasteiger partial charge in [0.25, 0.3) is 0 Å². The summed E-state index contributed by atoms with van der Waals surface area (Å²) in [5.41, 5.74) is -0.947. The van der Waals surface area contributed by atoms with Gasteiger partial charge in [0.2, 0.25) is 0 Å². The van der Waals surface area contributed by atoms with Gasteiger partial charge < -0.3 is 0 Å². The fraction of sp³-hybridized carbons (Fsp3) is 0.250. The van der Waals surface area contributed by atoms with Crippen LogP contribution in [0.15, 0.2) is 23.1 Å². The van der Waals surface area contributed by atoms with Crippen molar-refractivity contribution in [2.24, 2.45) is 0 Å². The highest BCUT2D eigenvalue weighted by atomic mass is 32.2. The van der Waals surface area contributed by atoms with Crippen LogP contribution in [0, 0.1) is 5.82 Å². The minimum atomic E-state index is -4.48. The van der Waals surface area contributed by atoms with Crippen LogP contribution in [0.25, 0.3) is 0 Å². The number of hydrogen-bond donors (Lipinski definition) is 0. The van der Waals surface area contributed by atoms with Crippen molar-refractivity contribution in [1.29, 1.82) is 0 Å². The highest BCUT2D eigenvalue weighted by molar-refractivity contribution is 7.98. The van der Waals surface area contributed by atoms with Gasteiger partial charge in [-0.1, -0.05) is 0 Å². The van der Waals surface area contributed by atoms with Gasteiger partial charge in [0.1, 0.15) is 5.82 Å². The molecule has 0 aromatic heterocycles. The molecule has 0 spiro atoms. The summed E-state index contributed by atoms with van der Waals surface area (Å²) in [6.45, 7) is 0. The number of benzene rings is 1. The third kappa shape index (κ3) is 2.62. The SMILES string of the molecule is CSc1cc(F)cc(C(F)(F)F)c1. The Balaban J connectivity index is 3.16.